The van der Waals surface area contributed by atoms with Gasteiger partial charge in [0, 0.05) is 37.7 Å². The minimum Gasteiger partial charge on any atom is -0.351 e. The maximum Gasteiger partial charge on any atom is 0.261 e. The molecule has 0 spiro atoms. The van der Waals surface area contributed by atoms with Gasteiger partial charge in [0.1, 0.15) is 5.82 Å². The molecule has 0 aliphatic carbocycles. The lowest BCUT2D eigenvalue weighted by atomic mass is 10.0. The number of piperidine rings is 1. The van der Waals surface area contributed by atoms with Crippen molar-refractivity contribution in [1.29, 1.82) is 0 Å². The third-order valence-corrected chi connectivity index (χ3v) is 5.95. The van der Waals surface area contributed by atoms with Gasteiger partial charge in [-0.05, 0) is 57.4 Å². The topological polar surface area (TPSA) is 67.2 Å². The van der Waals surface area contributed by atoms with Crippen molar-refractivity contribution < 1.29 is 4.79 Å². The van der Waals surface area contributed by atoms with Gasteiger partial charge < -0.3 is 5.32 Å². The van der Waals surface area contributed by atoms with Crippen molar-refractivity contribution in [1.82, 2.24) is 19.8 Å². The van der Waals surface area contributed by atoms with Gasteiger partial charge >= 0.3 is 0 Å². The normalized spacial score (nSPS) is 20.4. The number of nitrogens with one attached hydrogen (secondary N) is 1. The van der Waals surface area contributed by atoms with Gasteiger partial charge in [0.25, 0.3) is 11.5 Å². The average molecular weight is 368 g/mol. The van der Waals surface area contributed by atoms with E-state index in [-0.39, 0.29) is 11.5 Å². The molecule has 0 saturated carbocycles. The fourth-order valence-electron chi connectivity index (χ4n) is 4.29. The first-order valence-corrected chi connectivity index (χ1v) is 10.2. The number of aromatic nitrogens is 2. The van der Waals surface area contributed by atoms with E-state index in [1.54, 1.807) is 22.8 Å². The number of hydrogen-bond acceptors (Lipinski definition) is 4. The summed E-state index contributed by atoms with van der Waals surface area (Å²) < 4.78 is 1.78. The third kappa shape index (κ3) is 3.76. The van der Waals surface area contributed by atoms with E-state index in [4.69, 9.17) is 0 Å². The molecule has 1 aromatic carbocycles. The zero-order chi connectivity index (χ0) is 18.8. The van der Waals surface area contributed by atoms with Crippen LogP contribution in [0.15, 0.2) is 23.0 Å². The van der Waals surface area contributed by atoms with Crippen molar-refractivity contribution in [2.45, 2.75) is 58.0 Å². The summed E-state index contributed by atoms with van der Waals surface area (Å²) in [5.74, 6) is 0.747. The number of carbonyl (C=O) groups is 1. The van der Waals surface area contributed by atoms with E-state index in [9.17, 15) is 9.59 Å². The number of hydrogen-bond donors (Lipinski definition) is 1. The molecule has 0 bridgehead atoms. The van der Waals surface area contributed by atoms with E-state index in [0.29, 0.717) is 29.1 Å². The van der Waals surface area contributed by atoms with Crippen LogP contribution in [0.25, 0.3) is 10.9 Å². The lowest BCUT2D eigenvalue weighted by Crippen LogP contribution is -2.42. The highest BCUT2D eigenvalue weighted by Gasteiger charge is 2.18. The van der Waals surface area contributed by atoms with Crippen LogP contribution in [0.4, 0.5) is 0 Å². The highest BCUT2D eigenvalue weighted by molar-refractivity contribution is 5.97. The highest BCUT2D eigenvalue weighted by Crippen LogP contribution is 2.17. The Morgan fingerprint density at radius 3 is 2.93 bits per heavy atom. The summed E-state index contributed by atoms with van der Waals surface area (Å²) in [5.41, 5.74) is 1.22. The number of rotatable bonds is 4. The van der Waals surface area contributed by atoms with Crippen molar-refractivity contribution in [2.24, 2.45) is 0 Å². The lowest BCUT2D eigenvalue weighted by Gasteiger charge is -2.33. The molecule has 1 saturated heterocycles. The van der Waals surface area contributed by atoms with Crippen LogP contribution in [-0.2, 0) is 13.0 Å². The Balaban J connectivity index is 1.46. The maximum absolute atomic E-state index is 12.6. The minimum atomic E-state index is -0.0961. The monoisotopic (exact) mass is 368 g/mol. The number of nitrogens with zero attached hydrogens (tertiary/aromatic N) is 3. The van der Waals surface area contributed by atoms with Crippen molar-refractivity contribution in [2.75, 3.05) is 19.6 Å². The Bertz CT molecular complexity index is 905. The molecule has 6 nitrogen and oxygen atoms in total. The molecule has 2 aliphatic heterocycles. The molecule has 1 fully saturated rings. The van der Waals surface area contributed by atoms with Crippen LogP contribution in [0.1, 0.15) is 55.2 Å². The van der Waals surface area contributed by atoms with Gasteiger partial charge in [0.2, 0.25) is 0 Å². The van der Waals surface area contributed by atoms with Crippen LogP contribution >= 0.6 is 0 Å². The first kappa shape index (κ1) is 18.2. The van der Waals surface area contributed by atoms with Crippen molar-refractivity contribution in [3.05, 3.63) is 39.9 Å². The van der Waals surface area contributed by atoms with Gasteiger partial charge in [-0.3, -0.25) is 19.1 Å². The van der Waals surface area contributed by atoms with Crippen LogP contribution in [0.3, 0.4) is 0 Å². The zero-order valence-electron chi connectivity index (χ0n) is 16.0. The Labute approximate surface area is 159 Å². The number of likely N-dealkylation sites (tertiary alicyclic amines) is 1. The van der Waals surface area contributed by atoms with E-state index in [1.165, 1.54) is 19.3 Å². The van der Waals surface area contributed by atoms with Gasteiger partial charge in [-0.15, -0.1) is 0 Å². The van der Waals surface area contributed by atoms with Crippen LogP contribution in [0.2, 0.25) is 0 Å². The van der Waals surface area contributed by atoms with E-state index < -0.39 is 0 Å². The van der Waals surface area contributed by atoms with E-state index in [0.717, 1.165) is 44.7 Å². The average Bonchev–Trinajstić information content (AvgIpc) is 2.69. The minimum absolute atomic E-state index is 0.0146. The first-order valence-electron chi connectivity index (χ1n) is 10.2. The molecule has 27 heavy (non-hydrogen) atoms. The Hall–Kier alpha value is -2.21. The number of fused-ring (bicyclic) bond motifs is 2. The highest BCUT2D eigenvalue weighted by atomic mass is 16.1. The number of carbonyl (C=O) groups excluding carboxylic acids is 1. The standard InChI is InChI=1S/C21H28N4O2/c1-15-6-2-4-11-24(15)13-10-22-20(26)16-8-9-17-18(14-16)23-19-7-3-5-12-25(19)21(17)27/h8-9,14-15H,2-7,10-13H2,1H3,(H,22,26). The molecule has 1 N–H and O–H groups in total. The largest absolute Gasteiger partial charge is 0.351 e. The lowest BCUT2D eigenvalue weighted by molar-refractivity contribution is 0.0938. The van der Waals surface area contributed by atoms with Crippen LogP contribution in [0.5, 0.6) is 0 Å². The molecular weight excluding hydrogens is 340 g/mol. The van der Waals surface area contributed by atoms with Gasteiger partial charge in [-0.1, -0.05) is 6.42 Å². The predicted molar refractivity (Wildman–Crippen MR) is 106 cm³/mol. The Morgan fingerprint density at radius 2 is 2.07 bits per heavy atom. The molecule has 144 valence electrons. The van der Waals surface area contributed by atoms with Crippen molar-refractivity contribution >= 4 is 16.8 Å². The SMILES string of the molecule is CC1CCCCN1CCNC(=O)c1ccc2c(=O)n3c(nc2c1)CCCC3. The molecule has 1 atom stereocenters. The summed E-state index contributed by atoms with van der Waals surface area (Å²) in [4.78, 5) is 32.3. The summed E-state index contributed by atoms with van der Waals surface area (Å²) in [6.07, 6.45) is 6.70. The van der Waals surface area contributed by atoms with Gasteiger partial charge in [0.05, 0.1) is 10.9 Å². The summed E-state index contributed by atoms with van der Waals surface area (Å²) in [7, 11) is 0. The molecule has 1 amide bonds. The fraction of sp³-hybridized carbons (Fsp3) is 0.571. The Kier molecular flexibility index (Phi) is 5.25. The van der Waals surface area contributed by atoms with Crippen LogP contribution in [-0.4, -0.2) is 46.0 Å². The summed E-state index contributed by atoms with van der Waals surface area (Å²) in [5, 5.41) is 3.61. The molecule has 0 radical (unpaired) electrons. The van der Waals surface area contributed by atoms with Gasteiger partial charge in [-0.25, -0.2) is 4.98 Å². The second-order valence-corrected chi connectivity index (χ2v) is 7.81. The summed E-state index contributed by atoms with van der Waals surface area (Å²) in [6.45, 7) is 5.64. The van der Waals surface area contributed by atoms with E-state index in [2.05, 4.69) is 22.1 Å². The van der Waals surface area contributed by atoms with E-state index >= 15 is 0 Å². The molecule has 4 rings (SSSR count). The smallest absolute Gasteiger partial charge is 0.261 e. The summed E-state index contributed by atoms with van der Waals surface area (Å²) in [6, 6.07) is 5.83. The molecule has 2 aliphatic rings. The molecule has 3 heterocycles. The second kappa shape index (κ2) is 7.80. The summed E-state index contributed by atoms with van der Waals surface area (Å²) >= 11 is 0. The van der Waals surface area contributed by atoms with Gasteiger partial charge in [-0.2, -0.15) is 0 Å². The number of amides is 1. The second-order valence-electron chi connectivity index (χ2n) is 7.81. The van der Waals surface area contributed by atoms with Gasteiger partial charge in [0.15, 0.2) is 0 Å². The fourth-order valence-corrected chi connectivity index (χ4v) is 4.29. The van der Waals surface area contributed by atoms with Crippen molar-refractivity contribution in [3.8, 4) is 0 Å². The maximum atomic E-state index is 12.6. The molecule has 6 heteroatoms. The third-order valence-electron chi connectivity index (χ3n) is 5.95. The number of aryl methyl sites for hydroxylation is 1. The van der Waals surface area contributed by atoms with Crippen molar-refractivity contribution in [3.63, 3.8) is 0 Å². The molecule has 1 aromatic heterocycles. The first-order chi connectivity index (χ1) is 13.1. The zero-order valence-corrected chi connectivity index (χ0v) is 16.0. The molecular formula is C21H28N4O2. The number of benzene rings is 1. The Morgan fingerprint density at radius 1 is 1.22 bits per heavy atom. The quantitative estimate of drug-likeness (QED) is 0.899. The van der Waals surface area contributed by atoms with Crippen LogP contribution in [0, 0.1) is 0 Å². The van der Waals surface area contributed by atoms with E-state index in [1.807, 2.05) is 0 Å². The predicted octanol–water partition coefficient (Wildman–Crippen LogP) is 2.34. The molecule has 2 aromatic rings. The van der Waals surface area contributed by atoms with Crippen LogP contribution < -0.4 is 10.9 Å². The molecule has 1 unspecified atom stereocenters.